The second-order valence-electron chi connectivity index (χ2n) is 6.86. The van der Waals surface area contributed by atoms with Gasteiger partial charge in [0.05, 0.1) is 0 Å². The third-order valence-electron chi connectivity index (χ3n) is 5.08. The Morgan fingerprint density at radius 2 is 1.90 bits per heavy atom. The molecule has 0 aliphatic heterocycles. The number of hydrogen-bond donors (Lipinski definition) is 1. The summed E-state index contributed by atoms with van der Waals surface area (Å²) in [5.74, 6) is 0.886. The maximum Gasteiger partial charge on any atom is 0.228 e. The van der Waals surface area contributed by atoms with Crippen molar-refractivity contribution in [2.75, 3.05) is 11.2 Å². The van der Waals surface area contributed by atoms with Crippen molar-refractivity contribution in [1.82, 2.24) is 0 Å². The van der Waals surface area contributed by atoms with Gasteiger partial charge < -0.3 is 5.32 Å². The van der Waals surface area contributed by atoms with Gasteiger partial charge in [-0.15, -0.1) is 11.6 Å². The van der Waals surface area contributed by atoms with Gasteiger partial charge in [-0.1, -0.05) is 39.8 Å². The number of anilines is 1. The van der Waals surface area contributed by atoms with Gasteiger partial charge in [0.2, 0.25) is 5.91 Å². The maximum atomic E-state index is 12.4. The van der Waals surface area contributed by atoms with Crippen LogP contribution < -0.4 is 5.32 Å². The highest BCUT2D eigenvalue weighted by Crippen LogP contribution is 2.68. The SMILES string of the molecule is CC1(C)C(C(=O)Nc2cccc(CCCCl)c2)C1(C)C. The lowest BCUT2D eigenvalue weighted by molar-refractivity contribution is -0.118. The number of carbonyl (C=O) groups excluding carboxylic acids is 1. The fourth-order valence-electron chi connectivity index (χ4n) is 3.14. The summed E-state index contributed by atoms with van der Waals surface area (Å²) in [6, 6.07) is 8.06. The first kappa shape index (κ1) is 15.4. The van der Waals surface area contributed by atoms with Crippen molar-refractivity contribution >= 4 is 23.2 Å². The molecule has 1 saturated carbocycles. The van der Waals surface area contributed by atoms with Gasteiger partial charge in [0.15, 0.2) is 0 Å². The van der Waals surface area contributed by atoms with E-state index in [9.17, 15) is 4.79 Å². The van der Waals surface area contributed by atoms with Gasteiger partial charge in [0.25, 0.3) is 0 Å². The maximum absolute atomic E-state index is 12.4. The number of alkyl halides is 1. The first-order valence-electron chi connectivity index (χ1n) is 7.26. The van der Waals surface area contributed by atoms with Crippen molar-refractivity contribution in [2.45, 2.75) is 40.5 Å². The van der Waals surface area contributed by atoms with Gasteiger partial charge in [-0.3, -0.25) is 4.79 Å². The second kappa shape index (κ2) is 5.40. The summed E-state index contributed by atoms with van der Waals surface area (Å²) < 4.78 is 0. The van der Waals surface area contributed by atoms with Crippen molar-refractivity contribution in [3.63, 3.8) is 0 Å². The summed E-state index contributed by atoms with van der Waals surface area (Å²) >= 11 is 5.72. The molecule has 1 fully saturated rings. The van der Waals surface area contributed by atoms with Crippen LogP contribution in [0.2, 0.25) is 0 Å². The van der Waals surface area contributed by atoms with E-state index >= 15 is 0 Å². The third-order valence-corrected chi connectivity index (χ3v) is 5.34. The number of halogens is 1. The van der Waals surface area contributed by atoms with Gasteiger partial charge in [-0.25, -0.2) is 0 Å². The van der Waals surface area contributed by atoms with E-state index < -0.39 is 0 Å². The number of amides is 1. The van der Waals surface area contributed by atoms with Crippen LogP contribution >= 0.6 is 11.6 Å². The Kier molecular flexibility index (Phi) is 4.15. The minimum absolute atomic E-state index is 0.0767. The van der Waals surface area contributed by atoms with Gasteiger partial charge in [0.1, 0.15) is 0 Å². The van der Waals surface area contributed by atoms with Crippen LogP contribution in [0.3, 0.4) is 0 Å². The molecule has 1 amide bonds. The lowest BCUT2D eigenvalue weighted by atomic mass is 10.0. The van der Waals surface area contributed by atoms with Gasteiger partial charge in [-0.05, 0) is 41.4 Å². The first-order valence-corrected chi connectivity index (χ1v) is 7.80. The molecule has 20 heavy (non-hydrogen) atoms. The van der Waals surface area contributed by atoms with E-state index in [2.05, 4.69) is 39.1 Å². The van der Waals surface area contributed by atoms with Gasteiger partial charge in [-0.2, -0.15) is 0 Å². The van der Waals surface area contributed by atoms with Crippen LogP contribution in [-0.4, -0.2) is 11.8 Å². The molecule has 0 radical (unpaired) electrons. The molecule has 1 N–H and O–H groups in total. The highest BCUT2D eigenvalue weighted by atomic mass is 35.5. The van der Waals surface area contributed by atoms with E-state index in [1.165, 1.54) is 5.56 Å². The Hall–Kier alpha value is -1.02. The smallest absolute Gasteiger partial charge is 0.228 e. The van der Waals surface area contributed by atoms with E-state index in [0.717, 1.165) is 18.5 Å². The molecule has 110 valence electrons. The predicted octanol–water partition coefficient (Wildman–Crippen LogP) is 4.48. The van der Waals surface area contributed by atoms with Crippen molar-refractivity contribution in [3.05, 3.63) is 29.8 Å². The Labute approximate surface area is 126 Å². The Balaban J connectivity index is 2.02. The monoisotopic (exact) mass is 293 g/mol. The number of carbonyl (C=O) groups is 1. The van der Waals surface area contributed by atoms with Crippen molar-refractivity contribution in [3.8, 4) is 0 Å². The van der Waals surface area contributed by atoms with Crippen LogP contribution in [0.1, 0.15) is 39.7 Å². The Bertz CT molecular complexity index is 493. The minimum atomic E-state index is 0.0767. The molecule has 0 bridgehead atoms. The van der Waals surface area contributed by atoms with Crippen molar-refractivity contribution < 1.29 is 4.79 Å². The molecule has 0 spiro atoms. The molecule has 1 aromatic rings. The molecule has 0 saturated heterocycles. The molecule has 0 heterocycles. The molecule has 1 aliphatic carbocycles. The summed E-state index contributed by atoms with van der Waals surface area (Å²) in [6.45, 7) is 8.64. The zero-order chi connectivity index (χ0) is 15.0. The largest absolute Gasteiger partial charge is 0.326 e. The molecule has 0 unspecified atom stereocenters. The topological polar surface area (TPSA) is 29.1 Å². The van der Waals surface area contributed by atoms with Crippen molar-refractivity contribution in [1.29, 1.82) is 0 Å². The number of nitrogens with one attached hydrogen (secondary N) is 1. The molecule has 2 nitrogen and oxygen atoms in total. The molecule has 1 aromatic carbocycles. The van der Waals surface area contributed by atoms with Crippen LogP contribution in [0.5, 0.6) is 0 Å². The summed E-state index contributed by atoms with van der Waals surface area (Å²) in [4.78, 5) is 12.4. The highest BCUT2D eigenvalue weighted by molar-refractivity contribution is 6.17. The number of benzene rings is 1. The number of rotatable bonds is 5. The van der Waals surface area contributed by atoms with Crippen LogP contribution in [0.25, 0.3) is 0 Å². The summed E-state index contributed by atoms with van der Waals surface area (Å²) in [5, 5.41) is 3.06. The zero-order valence-corrected chi connectivity index (χ0v) is 13.6. The van der Waals surface area contributed by atoms with E-state index in [4.69, 9.17) is 11.6 Å². The molecule has 0 aromatic heterocycles. The quantitative estimate of drug-likeness (QED) is 0.797. The summed E-state index contributed by atoms with van der Waals surface area (Å²) in [5.41, 5.74) is 2.26. The fourth-order valence-corrected chi connectivity index (χ4v) is 3.28. The van der Waals surface area contributed by atoms with E-state index in [-0.39, 0.29) is 22.7 Å². The first-order chi connectivity index (χ1) is 9.30. The molecule has 2 rings (SSSR count). The van der Waals surface area contributed by atoms with E-state index in [0.29, 0.717) is 5.88 Å². The summed E-state index contributed by atoms with van der Waals surface area (Å²) in [7, 11) is 0. The zero-order valence-electron chi connectivity index (χ0n) is 12.8. The lowest BCUT2D eigenvalue weighted by Gasteiger charge is -2.08. The molecular formula is C17H24ClNO. The summed E-state index contributed by atoms with van der Waals surface area (Å²) in [6.07, 6.45) is 1.91. The molecule has 1 aliphatic rings. The molecule has 3 heteroatoms. The van der Waals surface area contributed by atoms with Gasteiger partial charge >= 0.3 is 0 Å². The minimum Gasteiger partial charge on any atom is -0.326 e. The standard InChI is InChI=1S/C17H24ClNO/c1-16(2)14(17(16,3)4)15(20)19-13-9-5-7-12(11-13)8-6-10-18/h5,7,9,11,14H,6,8,10H2,1-4H3,(H,19,20). The molecule has 0 atom stereocenters. The normalized spacial score (nSPS) is 19.6. The predicted molar refractivity (Wildman–Crippen MR) is 85.2 cm³/mol. The van der Waals surface area contributed by atoms with E-state index in [1.807, 2.05) is 18.2 Å². The average Bonchev–Trinajstić information content (AvgIpc) is 2.77. The lowest BCUT2D eigenvalue weighted by Crippen LogP contribution is -2.17. The van der Waals surface area contributed by atoms with Gasteiger partial charge in [0, 0.05) is 17.5 Å². The third kappa shape index (κ3) is 2.71. The van der Waals surface area contributed by atoms with Crippen LogP contribution in [0.4, 0.5) is 5.69 Å². The molecular weight excluding hydrogens is 270 g/mol. The fraction of sp³-hybridized carbons (Fsp3) is 0.588. The average molecular weight is 294 g/mol. The highest BCUT2D eigenvalue weighted by Gasteiger charge is 2.68. The second-order valence-corrected chi connectivity index (χ2v) is 7.24. The Morgan fingerprint density at radius 3 is 2.45 bits per heavy atom. The van der Waals surface area contributed by atoms with Crippen LogP contribution in [-0.2, 0) is 11.2 Å². The Morgan fingerprint density at radius 1 is 1.25 bits per heavy atom. The van der Waals surface area contributed by atoms with Crippen molar-refractivity contribution in [2.24, 2.45) is 16.7 Å². The van der Waals surface area contributed by atoms with Crippen LogP contribution in [0, 0.1) is 16.7 Å². The number of aryl methyl sites for hydroxylation is 1. The van der Waals surface area contributed by atoms with E-state index in [1.54, 1.807) is 0 Å². The van der Waals surface area contributed by atoms with Crippen LogP contribution in [0.15, 0.2) is 24.3 Å². The number of hydrogen-bond acceptors (Lipinski definition) is 1.